The van der Waals surface area contributed by atoms with E-state index in [1.807, 2.05) is 146 Å². The van der Waals surface area contributed by atoms with E-state index in [0.29, 0.717) is 41.1 Å². The molecule has 6 heterocycles. The van der Waals surface area contributed by atoms with Gasteiger partial charge in [0.2, 0.25) is 0 Å². The fourth-order valence-electron chi connectivity index (χ4n) is 15.0. The Balaban J connectivity index is 0.000000110. The van der Waals surface area contributed by atoms with Crippen LogP contribution < -0.4 is 10.9 Å². The Kier molecular flexibility index (Phi) is 23.3. The zero-order valence-electron chi connectivity index (χ0n) is 61.9. The van der Waals surface area contributed by atoms with E-state index in [4.69, 9.17) is 27.7 Å². The van der Waals surface area contributed by atoms with Gasteiger partial charge < -0.3 is 47.7 Å². The number of rotatable bonds is 8. The monoisotopic (exact) mass is 1820 g/mol. The van der Waals surface area contributed by atoms with Gasteiger partial charge in [-0.2, -0.15) is 0 Å². The van der Waals surface area contributed by atoms with Crippen molar-refractivity contribution in [3.05, 3.63) is 378 Å². The Labute approximate surface area is 713 Å². The summed E-state index contributed by atoms with van der Waals surface area (Å²) in [5.41, 5.74) is 20.2. The molecule has 0 aliphatic carbocycles. The Morgan fingerprint density at radius 2 is 0.664 bits per heavy atom. The maximum atomic E-state index is 11.4. The first-order chi connectivity index (χ1) is 57.5. The molecule has 0 atom stereocenters. The first-order valence-corrected chi connectivity index (χ1v) is 40.4. The number of nitro groups is 2. The third-order valence-corrected chi connectivity index (χ3v) is 22.6. The molecule has 16 nitrogen and oxygen atoms in total. The van der Waals surface area contributed by atoms with Crippen molar-refractivity contribution >= 4 is 232 Å². The average Bonchev–Trinajstić information content (AvgIpc) is 1.59. The summed E-state index contributed by atoms with van der Waals surface area (Å²) in [4.78, 5) is 28.0. The van der Waals surface area contributed by atoms with Crippen molar-refractivity contribution in [3.8, 4) is 44.5 Å². The van der Waals surface area contributed by atoms with Gasteiger partial charge in [0, 0.05) is 101 Å². The molecule has 0 amide bonds. The van der Waals surface area contributed by atoms with Gasteiger partial charge in [-0.1, -0.05) is 286 Å². The first-order valence-electron chi connectivity index (χ1n) is 37.2. The van der Waals surface area contributed by atoms with E-state index in [9.17, 15) is 30.3 Å². The number of benzene rings is 16. The minimum absolute atomic E-state index is 0. The summed E-state index contributed by atoms with van der Waals surface area (Å²) < 4.78 is 27.0. The van der Waals surface area contributed by atoms with Gasteiger partial charge in [0.15, 0.2) is 0 Å². The smallest absolute Gasteiger partial charge is 0.456 e. The molecule has 0 saturated heterocycles. The third kappa shape index (κ3) is 16.4. The number of furan rings is 4. The van der Waals surface area contributed by atoms with Crippen molar-refractivity contribution in [2.45, 2.75) is 7.43 Å². The van der Waals surface area contributed by atoms with Crippen molar-refractivity contribution in [1.29, 1.82) is 0 Å². The largest absolute Gasteiger partial charge is 0.492 e. The second kappa shape index (κ2) is 34.7. The highest BCUT2D eigenvalue weighted by Gasteiger charge is 2.23. The van der Waals surface area contributed by atoms with Crippen LogP contribution in [0.25, 0.3) is 176 Å². The van der Waals surface area contributed by atoms with Crippen LogP contribution in [0.3, 0.4) is 0 Å². The molecule has 16 aromatic carbocycles. The van der Waals surface area contributed by atoms with E-state index < -0.39 is 19.2 Å². The Bertz CT molecular complexity index is 7570. The van der Waals surface area contributed by atoms with Crippen LogP contribution in [0.4, 0.5) is 11.4 Å². The van der Waals surface area contributed by atoms with Crippen LogP contribution in [0.2, 0.25) is 0 Å². The summed E-state index contributed by atoms with van der Waals surface area (Å²) in [7, 11) is -2.92. The summed E-state index contributed by atoms with van der Waals surface area (Å²) >= 11 is 13.0. The summed E-state index contributed by atoms with van der Waals surface area (Å²) in [5.74, 6) is 0. The van der Waals surface area contributed by atoms with Crippen LogP contribution >= 0.6 is 63.7 Å². The number of nitro benzene ring substituents is 2. The fraction of sp³-hybridized carbons (Fsp3) is 0.0103. The highest BCUT2D eigenvalue weighted by Crippen LogP contribution is 2.44. The second-order valence-electron chi connectivity index (χ2n) is 27.7. The maximum Gasteiger partial charge on any atom is 0.492 e. The standard InChI is InChI=1S/C30H19NO.C18H10BrNO3.C18H10BrNO.C12H9BO3.C12H11BO2.C6H3Br2NO2.CH4/c1-2-7-19(8-3-1)20-9-6-10-21(17-20)22-13-14-25-27(18-22)31-26-16-15-24-23-11-4-5-12-28(23)32-30(24)29(25)26;19-11-8-9-12(16(10-11)20(21)22)14-5-3-6-15-13-4-1-2-7-17(13)23-18(14)15;19-10-5-6-13-15(9-10)20-14-8-7-12-11-3-1-2-4-16(11)21-18(12)17(13)14;14-13(15)10-6-3-5-9-8-4-1-2-7-11(8)16-12(9)10;14-13(15)12-8-4-7-11(9-12)10-5-2-1-3-6-10;7-4-1-2-5(8)6(3-4)9(10)11;/h1-18,31H;1-10H;1-9,20H;1-7,14-15H;1-9,14-15H;1-3H;1H4. The van der Waals surface area contributed by atoms with Gasteiger partial charge in [-0.3, -0.25) is 20.2 Å². The molecule has 119 heavy (non-hydrogen) atoms. The maximum absolute atomic E-state index is 11.4. The number of nitrogens with one attached hydrogen (secondary N) is 2. The minimum Gasteiger partial charge on any atom is -0.456 e. The predicted molar refractivity (Wildman–Crippen MR) is 499 cm³/mol. The van der Waals surface area contributed by atoms with Gasteiger partial charge in [0.05, 0.1) is 41.7 Å². The molecule has 6 aromatic heterocycles. The number of fused-ring (bicyclic) bond motifs is 20. The summed E-state index contributed by atoms with van der Waals surface area (Å²) in [6.45, 7) is 0. The summed E-state index contributed by atoms with van der Waals surface area (Å²) in [6.07, 6.45) is 0. The Morgan fingerprint density at radius 3 is 1.18 bits per heavy atom. The van der Waals surface area contributed by atoms with E-state index in [0.717, 1.165) is 120 Å². The van der Waals surface area contributed by atoms with Gasteiger partial charge in [0.25, 0.3) is 11.4 Å². The fourth-order valence-corrected chi connectivity index (χ4v) is 16.4. The number of nitrogens with zero attached hydrogens (tertiary/aromatic N) is 2. The molecule has 22 heteroatoms. The van der Waals surface area contributed by atoms with Crippen molar-refractivity contribution < 1.29 is 47.6 Å². The predicted octanol–water partition coefficient (Wildman–Crippen LogP) is 26.5. The lowest BCUT2D eigenvalue weighted by atomic mass is 9.79. The van der Waals surface area contributed by atoms with Gasteiger partial charge in [0.1, 0.15) is 44.7 Å². The molecule has 0 aliphatic rings. The Hall–Kier alpha value is -13.0. The topological polar surface area (TPSA) is 251 Å². The average molecular weight is 1820 g/mol. The molecule has 6 N–H and O–H groups in total. The molecule has 0 radical (unpaired) electrons. The Morgan fingerprint density at radius 1 is 0.286 bits per heavy atom. The molecule has 0 fully saturated rings. The van der Waals surface area contributed by atoms with Crippen LogP contribution in [0, 0.1) is 20.2 Å². The van der Waals surface area contributed by atoms with Crippen molar-refractivity contribution in [2.24, 2.45) is 0 Å². The number of aromatic nitrogens is 2. The second-order valence-corrected chi connectivity index (χ2v) is 31.3. The van der Waals surface area contributed by atoms with Gasteiger partial charge in [-0.25, -0.2) is 0 Å². The van der Waals surface area contributed by atoms with E-state index in [-0.39, 0.29) is 23.7 Å². The number of hydrogen-bond acceptors (Lipinski definition) is 12. The van der Waals surface area contributed by atoms with Gasteiger partial charge in [-0.05, 0) is 152 Å². The number of para-hydroxylation sites is 6. The van der Waals surface area contributed by atoms with Crippen molar-refractivity contribution in [3.63, 3.8) is 0 Å². The van der Waals surface area contributed by atoms with Crippen molar-refractivity contribution in [1.82, 2.24) is 9.97 Å². The zero-order valence-corrected chi connectivity index (χ0v) is 68.3. The lowest BCUT2D eigenvalue weighted by Gasteiger charge is -2.06. The third-order valence-electron chi connectivity index (χ3n) is 20.4. The molecular weight excluding hydrogens is 1750 g/mol. The minimum atomic E-state index is -1.51. The molecular formula is C97H66B2Br4N4O12. The number of aromatic amines is 2. The molecule has 580 valence electrons. The summed E-state index contributed by atoms with van der Waals surface area (Å²) in [6, 6.07) is 111. The summed E-state index contributed by atoms with van der Waals surface area (Å²) in [5, 5.41) is 71.5. The van der Waals surface area contributed by atoms with E-state index in [1.54, 1.807) is 48.5 Å². The first kappa shape index (κ1) is 79.8. The number of H-pyrrole nitrogens is 2. The normalized spacial score (nSPS) is 11.1. The van der Waals surface area contributed by atoms with Crippen LogP contribution in [-0.4, -0.2) is 54.1 Å². The number of hydrogen-bond donors (Lipinski definition) is 6. The molecule has 22 rings (SSSR count). The van der Waals surface area contributed by atoms with Crippen molar-refractivity contribution in [2.75, 3.05) is 0 Å². The highest BCUT2D eigenvalue weighted by atomic mass is 79.9. The molecule has 0 aliphatic heterocycles. The van der Waals surface area contributed by atoms with Crippen LogP contribution in [0.5, 0.6) is 0 Å². The van der Waals surface area contributed by atoms with E-state index >= 15 is 0 Å². The molecule has 22 aromatic rings. The molecule has 0 unspecified atom stereocenters. The molecule has 0 spiro atoms. The number of halogens is 4. The van der Waals surface area contributed by atoms with Crippen LogP contribution in [0.15, 0.2) is 375 Å². The van der Waals surface area contributed by atoms with E-state index in [2.05, 4.69) is 207 Å². The van der Waals surface area contributed by atoms with Crippen LogP contribution in [0.1, 0.15) is 7.43 Å². The van der Waals surface area contributed by atoms with Gasteiger partial charge in [-0.15, -0.1) is 0 Å². The zero-order chi connectivity index (χ0) is 81.2. The van der Waals surface area contributed by atoms with E-state index in [1.165, 1.54) is 55.9 Å². The van der Waals surface area contributed by atoms with Gasteiger partial charge >= 0.3 is 14.2 Å². The SMILES string of the molecule is Brc1ccc2c(c1)[nH]c1ccc3c4ccccc4oc3c12.C.O=[N+]([O-])c1cc(Br)ccc1-c1cccc2c1oc1ccccc12.O=[N+]([O-])c1cc(Br)ccc1Br.OB(O)c1cccc(-c2ccccc2)c1.OB(O)c1cccc2c1oc1ccccc12.c1ccc(-c2cccc(-c3ccc4c(c3)[nH]c3ccc5c6ccccc6oc5c34)c2)cc1. The van der Waals surface area contributed by atoms with Crippen LogP contribution in [-0.2, 0) is 0 Å². The molecule has 0 saturated carbocycles. The lowest BCUT2D eigenvalue weighted by molar-refractivity contribution is -0.385. The molecule has 0 bridgehead atoms. The lowest BCUT2D eigenvalue weighted by Crippen LogP contribution is -2.29. The highest BCUT2D eigenvalue weighted by molar-refractivity contribution is 9.11. The quantitative estimate of drug-likeness (QED) is 0.0472.